The minimum Gasteiger partial charge on any atom is -0.205 e. The van der Waals surface area contributed by atoms with Gasteiger partial charge >= 0.3 is 11.7 Å². The van der Waals surface area contributed by atoms with Crippen LogP contribution in [0.2, 0.25) is 0 Å². The Morgan fingerprint density at radius 1 is 0.913 bits per heavy atom. The van der Waals surface area contributed by atoms with Gasteiger partial charge in [0, 0.05) is 10.5 Å². The second-order valence-corrected chi connectivity index (χ2v) is 5.52. The van der Waals surface area contributed by atoms with E-state index in [1.54, 1.807) is 0 Å². The Hall–Kier alpha value is -2.57. The van der Waals surface area contributed by atoms with Crippen LogP contribution in [0.15, 0.2) is 12.1 Å². The maximum absolute atomic E-state index is 14.1. The number of hydrogen-bond acceptors (Lipinski definition) is 3. The van der Waals surface area contributed by atoms with Crippen LogP contribution < -0.4 is 4.57 Å². The molecular formula is C16H14F3N4+. The number of aryl methyl sites for hydroxylation is 2. The van der Waals surface area contributed by atoms with Gasteiger partial charge in [-0.3, -0.25) is 0 Å². The van der Waals surface area contributed by atoms with E-state index in [1.807, 2.05) is 32.9 Å². The summed E-state index contributed by atoms with van der Waals surface area (Å²) < 4.78 is 42.2. The van der Waals surface area contributed by atoms with Gasteiger partial charge in [0.25, 0.3) is 11.9 Å². The van der Waals surface area contributed by atoms with Crippen LogP contribution in [-0.4, -0.2) is 15.0 Å². The van der Waals surface area contributed by atoms with Crippen molar-refractivity contribution in [2.45, 2.75) is 20.8 Å². The first-order chi connectivity index (χ1) is 10.8. The van der Waals surface area contributed by atoms with Crippen molar-refractivity contribution in [3.8, 4) is 11.3 Å². The molecule has 4 nitrogen and oxygen atoms in total. The number of halogens is 3. The van der Waals surface area contributed by atoms with E-state index >= 15 is 0 Å². The highest BCUT2D eigenvalue weighted by molar-refractivity contribution is 5.86. The molecular weight excluding hydrogens is 305 g/mol. The van der Waals surface area contributed by atoms with Gasteiger partial charge in [0.1, 0.15) is 0 Å². The molecule has 3 rings (SSSR count). The van der Waals surface area contributed by atoms with Crippen LogP contribution in [0.4, 0.5) is 13.2 Å². The first-order valence-electron chi connectivity index (χ1n) is 6.96. The van der Waals surface area contributed by atoms with Gasteiger partial charge in [-0.1, -0.05) is 11.6 Å². The molecule has 0 amide bonds. The molecule has 0 atom stereocenters. The van der Waals surface area contributed by atoms with Crippen molar-refractivity contribution in [3.05, 3.63) is 46.8 Å². The summed E-state index contributed by atoms with van der Waals surface area (Å²) in [4.78, 5) is 10.5. The number of fused-ring (bicyclic) bond motifs is 1. The molecule has 2 aromatic heterocycles. The lowest BCUT2D eigenvalue weighted by Crippen LogP contribution is -2.38. The van der Waals surface area contributed by atoms with Crippen molar-refractivity contribution in [1.29, 1.82) is 0 Å². The van der Waals surface area contributed by atoms with Gasteiger partial charge in [-0.25, -0.2) is 4.98 Å². The number of aromatic nitrogens is 4. The molecule has 1 aromatic carbocycles. The summed E-state index contributed by atoms with van der Waals surface area (Å²) in [5.41, 5.74) is 3.59. The van der Waals surface area contributed by atoms with Crippen LogP contribution in [0, 0.1) is 38.7 Å². The molecule has 118 valence electrons. The van der Waals surface area contributed by atoms with Crippen molar-refractivity contribution >= 4 is 11.2 Å². The molecule has 0 radical (unpaired) electrons. The van der Waals surface area contributed by atoms with Crippen LogP contribution in [-0.2, 0) is 7.05 Å². The molecule has 0 bridgehead atoms. The van der Waals surface area contributed by atoms with Gasteiger partial charge in [-0.05, 0) is 38.0 Å². The fraction of sp³-hybridized carbons (Fsp3) is 0.250. The highest BCUT2D eigenvalue weighted by Crippen LogP contribution is 2.28. The molecule has 0 spiro atoms. The second-order valence-electron chi connectivity index (χ2n) is 5.52. The minimum absolute atomic E-state index is 0.0147. The van der Waals surface area contributed by atoms with Gasteiger partial charge in [0.15, 0.2) is 11.2 Å². The van der Waals surface area contributed by atoms with Crippen LogP contribution in [0.5, 0.6) is 0 Å². The van der Waals surface area contributed by atoms with Gasteiger partial charge in [-0.15, -0.1) is 4.39 Å². The summed E-state index contributed by atoms with van der Waals surface area (Å²) in [6.45, 7) is 5.71. The third-order valence-corrected chi connectivity index (χ3v) is 3.90. The van der Waals surface area contributed by atoms with Crippen LogP contribution >= 0.6 is 0 Å². The number of hydrogen-bond donors (Lipinski definition) is 0. The Bertz CT molecular complexity index is 949. The molecule has 3 aromatic rings. The zero-order chi connectivity index (χ0) is 16.9. The van der Waals surface area contributed by atoms with E-state index in [-0.39, 0.29) is 11.2 Å². The lowest BCUT2D eigenvalue weighted by molar-refractivity contribution is -0.692. The maximum atomic E-state index is 14.1. The van der Waals surface area contributed by atoms with Crippen molar-refractivity contribution in [2.24, 2.45) is 7.05 Å². The summed E-state index contributed by atoms with van der Waals surface area (Å²) in [5.74, 6) is -2.74. The number of rotatable bonds is 1. The van der Waals surface area contributed by atoms with Crippen LogP contribution in [0.25, 0.3) is 22.4 Å². The fourth-order valence-corrected chi connectivity index (χ4v) is 2.63. The molecule has 0 N–H and O–H groups in total. The van der Waals surface area contributed by atoms with E-state index in [0.29, 0.717) is 11.3 Å². The Kier molecular flexibility index (Phi) is 3.50. The van der Waals surface area contributed by atoms with Gasteiger partial charge in [0.05, 0.1) is 7.05 Å². The monoisotopic (exact) mass is 319 g/mol. The van der Waals surface area contributed by atoms with Crippen molar-refractivity contribution in [3.63, 3.8) is 0 Å². The number of nitrogens with zero attached hydrogens (tertiary/aromatic N) is 4. The largest absolute Gasteiger partial charge is 0.490 e. The first kappa shape index (κ1) is 15.3. The van der Waals surface area contributed by atoms with Crippen LogP contribution in [0.1, 0.15) is 16.7 Å². The molecule has 2 heterocycles. The predicted molar refractivity (Wildman–Crippen MR) is 78.0 cm³/mol. The normalized spacial score (nSPS) is 11.3. The number of benzene rings is 1. The predicted octanol–water partition coefficient (Wildman–Crippen LogP) is 2.86. The van der Waals surface area contributed by atoms with E-state index in [2.05, 4.69) is 15.0 Å². The molecule has 0 aliphatic carbocycles. The summed E-state index contributed by atoms with van der Waals surface area (Å²) in [7, 11) is 1.46. The lowest BCUT2D eigenvalue weighted by Gasteiger charge is -2.11. The van der Waals surface area contributed by atoms with Gasteiger partial charge < -0.3 is 0 Å². The van der Waals surface area contributed by atoms with Gasteiger partial charge in [-0.2, -0.15) is 18.3 Å². The van der Waals surface area contributed by atoms with E-state index in [9.17, 15) is 13.2 Å². The Labute approximate surface area is 130 Å². The Morgan fingerprint density at radius 2 is 1.57 bits per heavy atom. The molecule has 0 saturated heterocycles. The van der Waals surface area contributed by atoms with E-state index in [4.69, 9.17) is 0 Å². The zero-order valence-electron chi connectivity index (χ0n) is 13.1. The third kappa shape index (κ3) is 2.42. The second kappa shape index (κ2) is 5.26. The average molecular weight is 319 g/mol. The summed E-state index contributed by atoms with van der Waals surface area (Å²) in [6, 6.07) is 3.84. The highest BCUT2D eigenvalue weighted by atomic mass is 19.2. The highest BCUT2D eigenvalue weighted by Gasteiger charge is 2.26. The summed E-state index contributed by atoms with van der Waals surface area (Å²) in [6.07, 6.45) is -0.855. The molecule has 23 heavy (non-hydrogen) atoms. The fourth-order valence-electron chi connectivity index (χ4n) is 2.63. The zero-order valence-corrected chi connectivity index (χ0v) is 13.1. The SMILES string of the molecule is Cc1cc(C)c(C)c(-c2c3nc(F)c(F)nc3nc(F)[n+]2C)c1. The van der Waals surface area contributed by atoms with Gasteiger partial charge in [0.2, 0.25) is 0 Å². The van der Waals surface area contributed by atoms with E-state index < -0.39 is 18.0 Å². The van der Waals surface area contributed by atoms with Crippen LogP contribution in [0.3, 0.4) is 0 Å². The first-order valence-corrected chi connectivity index (χ1v) is 6.96. The molecule has 0 fully saturated rings. The standard InChI is InChI=1S/C16H14F3N4/c1-7-5-8(2)9(3)10(6-7)12-11-15(22-16(19)23(12)4)21-14(18)13(17)20-11/h5-6H,1-4H3/q+1. The third-order valence-electron chi connectivity index (χ3n) is 3.90. The molecule has 0 aliphatic rings. The molecule has 0 unspecified atom stereocenters. The Balaban J connectivity index is 2.50. The maximum Gasteiger partial charge on any atom is 0.490 e. The molecule has 0 aliphatic heterocycles. The van der Waals surface area contributed by atoms with Crippen molar-refractivity contribution in [2.75, 3.05) is 0 Å². The molecule has 0 saturated carbocycles. The lowest BCUT2D eigenvalue weighted by atomic mass is 9.97. The average Bonchev–Trinajstić information content (AvgIpc) is 2.47. The van der Waals surface area contributed by atoms with Crippen molar-refractivity contribution < 1.29 is 17.7 Å². The van der Waals surface area contributed by atoms with E-state index in [1.165, 1.54) is 7.05 Å². The molecule has 7 heteroatoms. The smallest absolute Gasteiger partial charge is 0.205 e. The Morgan fingerprint density at radius 3 is 2.26 bits per heavy atom. The minimum atomic E-state index is -1.40. The topological polar surface area (TPSA) is 42.6 Å². The summed E-state index contributed by atoms with van der Waals surface area (Å²) in [5, 5.41) is 0. The quantitative estimate of drug-likeness (QED) is 0.512. The summed E-state index contributed by atoms with van der Waals surface area (Å²) >= 11 is 0. The van der Waals surface area contributed by atoms with Crippen molar-refractivity contribution in [1.82, 2.24) is 15.0 Å². The van der Waals surface area contributed by atoms with E-state index in [0.717, 1.165) is 21.3 Å².